The Labute approximate surface area is 187 Å². The Hall–Kier alpha value is -4.27. The predicted molar refractivity (Wildman–Crippen MR) is 115 cm³/mol. The number of aromatic nitrogens is 3. The fourth-order valence-electron chi connectivity index (χ4n) is 3.54. The fraction of sp³-hybridized carbons (Fsp3) is 0.125. The number of fused-ring (bicyclic) bond motifs is 1. The minimum absolute atomic E-state index is 0.00383. The molecule has 4 aromatic rings. The molecule has 0 N–H and O–H groups in total. The second-order valence-corrected chi connectivity index (χ2v) is 7.56. The monoisotopic (exact) mass is 448 g/mol. The van der Waals surface area contributed by atoms with Crippen molar-refractivity contribution in [3.8, 4) is 28.5 Å². The van der Waals surface area contributed by atoms with Crippen LogP contribution in [0.2, 0.25) is 0 Å². The molecular weight excluding hydrogens is 430 g/mol. The minimum Gasteiger partial charge on any atom is -0.472 e. The molecule has 0 atom stereocenters. The van der Waals surface area contributed by atoms with Crippen LogP contribution in [0.5, 0.6) is 17.2 Å². The number of benzene rings is 2. The zero-order valence-electron chi connectivity index (χ0n) is 17.5. The van der Waals surface area contributed by atoms with E-state index in [1.54, 1.807) is 47.4 Å². The van der Waals surface area contributed by atoms with Gasteiger partial charge in [0.25, 0.3) is 5.91 Å². The van der Waals surface area contributed by atoms with Crippen LogP contribution in [0.15, 0.2) is 67.1 Å². The number of rotatable bonds is 5. The smallest absolute Gasteiger partial charge is 0.260 e. The Kier molecular flexibility index (Phi) is 5.21. The van der Waals surface area contributed by atoms with Gasteiger partial charge in [0.2, 0.25) is 0 Å². The molecular formula is C24H18F2N4O3. The van der Waals surface area contributed by atoms with Crippen LogP contribution >= 0.6 is 0 Å². The second-order valence-electron chi connectivity index (χ2n) is 7.56. The lowest BCUT2D eigenvalue weighted by atomic mass is 10.1. The van der Waals surface area contributed by atoms with Gasteiger partial charge in [-0.05, 0) is 42.0 Å². The summed E-state index contributed by atoms with van der Waals surface area (Å²) >= 11 is 0. The van der Waals surface area contributed by atoms with Crippen molar-refractivity contribution in [2.75, 3.05) is 6.73 Å². The third-order valence-electron chi connectivity index (χ3n) is 5.17. The van der Waals surface area contributed by atoms with Gasteiger partial charge in [-0.1, -0.05) is 6.07 Å². The number of carbonyl (C=O) groups excluding carboxylic acids is 1. The highest BCUT2D eigenvalue weighted by atomic mass is 19.2. The molecule has 9 heteroatoms. The van der Waals surface area contributed by atoms with E-state index in [2.05, 4.69) is 10.1 Å². The maximum absolute atomic E-state index is 13.5. The fourth-order valence-corrected chi connectivity index (χ4v) is 3.54. The van der Waals surface area contributed by atoms with Gasteiger partial charge in [0.15, 0.2) is 18.4 Å². The van der Waals surface area contributed by atoms with Gasteiger partial charge < -0.3 is 14.4 Å². The molecule has 7 nitrogen and oxygen atoms in total. The van der Waals surface area contributed by atoms with E-state index >= 15 is 0 Å². The van der Waals surface area contributed by atoms with Crippen molar-refractivity contribution < 1.29 is 23.0 Å². The van der Waals surface area contributed by atoms with Gasteiger partial charge in [-0.3, -0.25) is 14.5 Å². The van der Waals surface area contributed by atoms with E-state index in [0.717, 1.165) is 17.7 Å². The van der Waals surface area contributed by atoms with Gasteiger partial charge in [-0.25, -0.2) is 8.78 Å². The van der Waals surface area contributed by atoms with Gasteiger partial charge in [-0.2, -0.15) is 5.10 Å². The van der Waals surface area contributed by atoms with E-state index in [4.69, 9.17) is 9.47 Å². The van der Waals surface area contributed by atoms with Crippen molar-refractivity contribution >= 4 is 5.91 Å². The molecule has 1 amide bonds. The molecule has 0 aliphatic carbocycles. The summed E-state index contributed by atoms with van der Waals surface area (Å²) in [5.41, 5.74) is 2.34. The Balaban J connectivity index is 1.35. The first-order valence-electron chi connectivity index (χ1n) is 10.1. The molecule has 5 rings (SSSR count). The minimum atomic E-state index is -0.961. The van der Waals surface area contributed by atoms with Crippen LogP contribution < -0.4 is 9.47 Å². The number of amides is 1. The van der Waals surface area contributed by atoms with Crippen LogP contribution in [0.3, 0.4) is 0 Å². The maximum Gasteiger partial charge on any atom is 0.260 e. The zero-order chi connectivity index (χ0) is 22.9. The lowest BCUT2D eigenvalue weighted by Gasteiger charge is -2.29. The average Bonchev–Trinajstić information content (AvgIpc) is 3.25. The van der Waals surface area contributed by atoms with Gasteiger partial charge in [0.1, 0.15) is 17.2 Å². The molecule has 0 spiro atoms. The van der Waals surface area contributed by atoms with Crippen LogP contribution in [-0.4, -0.2) is 32.3 Å². The first kappa shape index (κ1) is 20.6. The zero-order valence-corrected chi connectivity index (χ0v) is 17.5. The van der Waals surface area contributed by atoms with E-state index < -0.39 is 11.6 Å². The topological polar surface area (TPSA) is 69.5 Å². The molecule has 2 aromatic heterocycles. The Morgan fingerprint density at radius 3 is 2.70 bits per heavy atom. The predicted octanol–water partition coefficient (Wildman–Crippen LogP) is 4.54. The van der Waals surface area contributed by atoms with Crippen molar-refractivity contribution in [2.45, 2.75) is 6.54 Å². The first-order valence-corrected chi connectivity index (χ1v) is 10.1. The van der Waals surface area contributed by atoms with Gasteiger partial charge in [0, 0.05) is 37.6 Å². The van der Waals surface area contributed by atoms with Gasteiger partial charge in [0.05, 0.1) is 17.5 Å². The summed E-state index contributed by atoms with van der Waals surface area (Å²) in [7, 11) is 1.83. The summed E-state index contributed by atoms with van der Waals surface area (Å²) in [5.74, 6) is -0.765. The Morgan fingerprint density at radius 1 is 1.06 bits per heavy atom. The van der Waals surface area contributed by atoms with Crippen molar-refractivity contribution in [3.63, 3.8) is 0 Å². The highest BCUT2D eigenvalue weighted by molar-refractivity contribution is 5.98. The number of hydrogen-bond donors (Lipinski definition) is 0. The van der Waals surface area contributed by atoms with Crippen LogP contribution in [0.25, 0.3) is 11.3 Å². The molecule has 2 aromatic carbocycles. The summed E-state index contributed by atoms with van der Waals surface area (Å²) in [4.78, 5) is 18.8. The highest BCUT2D eigenvalue weighted by Crippen LogP contribution is 2.32. The normalized spacial score (nSPS) is 12.9. The number of aryl methyl sites for hydroxylation is 1. The SMILES string of the molecule is Cn1cc(-c2cc(Oc3ccc4c(c3)C(=O)N(Cc3ccc(F)c(F)c3)CO4)ccn2)cn1. The molecule has 0 saturated heterocycles. The number of halogens is 2. The molecule has 1 aliphatic rings. The van der Waals surface area contributed by atoms with Crippen LogP contribution in [-0.2, 0) is 13.6 Å². The lowest BCUT2D eigenvalue weighted by Crippen LogP contribution is -2.38. The van der Waals surface area contributed by atoms with Crippen LogP contribution in [0, 0.1) is 11.6 Å². The second kappa shape index (κ2) is 8.34. The third-order valence-corrected chi connectivity index (χ3v) is 5.17. The van der Waals surface area contributed by atoms with E-state index in [0.29, 0.717) is 34.1 Å². The molecule has 0 saturated carbocycles. The Morgan fingerprint density at radius 2 is 1.91 bits per heavy atom. The maximum atomic E-state index is 13.5. The molecule has 1 aliphatic heterocycles. The molecule has 166 valence electrons. The molecule has 0 radical (unpaired) electrons. The largest absolute Gasteiger partial charge is 0.472 e. The molecule has 0 unspecified atom stereocenters. The standard InChI is InChI=1S/C24H18F2N4O3/c1-29-13-16(11-28-29)22-10-18(6-7-27-22)33-17-3-5-23-19(9-17)24(31)30(14-32-23)12-15-2-4-20(25)21(26)8-15/h2-11,13H,12,14H2,1H3. The molecule has 0 fully saturated rings. The summed E-state index contributed by atoms with van der Waals surface area (Å²) < 4.78 is 40.1. The highest BCUT2D eigenvalue weighted by Gasteiger charge is 2.26. The van der Waals surface area contributed by atoms with Crippen molar-refractivity contribution in [3.05, 3.63) is 89.9 Å². The van der Waals surface area contributed by atoms with Crippen molar-refractivity contribution in [2.24, 2.45) is 7.05 Å². The number of hydrogen-bond acceptors (Lipinski definition) is 5. The summed E-state index contributed by atoms with van der Waals surface area (Å²) in [6.45, 7) is 0.0865. The van der Waals surface area contributed by atoms with Gasteiger partial charge >= 0.3 is 0 Å². The number of ether oxygens (including phenoxy) is 2. The Bertz CT molecular complexity index is 1360. The first-order chi connectivity index (χ1) is 16.0. The lowest BCUT2D eigenvalue weighted by molar-refractivity contribution is 0.0497. The summed E-state index contributed by atoms with van der Waals surface area (Å²) in [5, 5.41) is 4.15. The van der Waals surface area contributed by atoms with E-state index in [1.165, 1.54) is 11.0 Å². The van der Waals surface area contributed by atoms with E-state index in [1.807, 2.05) is 13.2 Å². The van der Waals surface area contributed by atoms with Crippen molar-refractivity contribution in [1.29, 1.82) is 0 Å². The molecule has 33 heavy (non-hydrogen) atoms. The van der Waals surface area contributed by atoms with Gasteiger partial charge in [-0.15, -0.1) is 0 Å². The third kappa shape index (κ3) is 4.25. The molecule has 0 bridgehead atoms. The van der Waals surface area contributed by atoms with Crippen LogP contribution in [0.4, 0.5) is 8.78 Å². The number of pyridine rings is 1. The van der Waals surface area contributed by atoms with E-state index in [-0.39, 0.29) is 19.2 Å². The quantitative estimate of drug-likeness (QED) is 0.448. The van der Waals surface area contributed by atoms with Crippen molar-refractivity contribution in [1.82, 2.24) is 19.7 Å². The average molecular weight is 448 g/mol. The number of nitrogens with zero attached hydrogens (tertiary/aromatic N) is 4. The molecule has 3 heterocycles. The van der Waals surface area contributed by atoms with Crippen LogP contribution in [0.1, 0.15) is 15.9 Å². The van der Waals surface area contributed by atoms with E-state index in [9.17, 15) is 13.6 Å². The summed E-state index contributed by atoms with van der Waals surface area (Å²) in [6, 6.07) is 12.0. The summed E-state index contributed by atoms with van der Waals surface area (Å²) in [6.07, 6.45) is 5.19. The number of carbonyl (C=O) groups is 1.